The van der Waals surface area contributed by atoms with E-state index in [-0.39, 0.29) is 5.78 Å². The number of Topliss-reactive ketones (excluding diaryl/α,β-unsaturated/α-hetero) is 1. The second-order valence-electron chi connectivity index (χ2n) is 4.44. The lowest BCUT2D eigenvalue weighted by atomic mass is 10.0. The van der Waals surface area contributed by atoms with E-state index in [0.717, 1.165) is 16.9 Å². The number of carbonyl (C=O) groups is 1. The van der Waals surface area contributed by atoms with E-state index < -0.39 is 0 Å². The van der Waals surface area contributed by atoms with E-state index >= 15 is 0 Å². The van der Waals surface area contributed by atoms with Crippen LogP contribution >= 0.6 is 11.6 Å². The number of fused-ring (bicyclic) bond motifs is 2. The Morgan fingerprint density at radius 1 is 1.06 bits per heavy atom. The summed E-state index contributed by atoms with van der Waals surface area (Å²) in [6.07, 6.45) is 0. The zero-order chi connectivity index (χ0) is 13.0. The van der Waals surface area contributed by atoms with E-state index in [0.29, 0.717) is 27.1 Å². The van der Waals surface area contributed by atoms with Crippen LogP contribution in [0.2, 0.25) is 5.02 Å². The SMILES string of the molecule is CC(=O)c1c2cc(C)oc2c(Cl)c2cc(C)oc12. The molecule has 0 aliphatic carbocycles. The minimum atomic E-state index is -0.0585. The summed E-state index contributed by atoms with van der Waals surface area (Å²) in [7, 11) is 0. The quantitative estimate of drug-likeness (QED) is 0.600. The van der Waals surface area contributed by atoms with Crippen LogP contribution < -0.4 is 0 Å². The van der Waals surface area contributed by atoms with Gasteiger partial charge in [-0.3, -0.25) is 4.79 Å². The van der Waals surface area contributed by atoms with Crippen molar-refractivity contribution in [3.05, 3.63) is 34.2 Å². The molecule has 92 valence electrons. The van der Waals surface area contributed by atoms with Crippen LogP contribution in [0.25, 0.3) is 21.9 Å². The molecule has 0 fully saturated rings. The first-order chi connectivity index (χ1) is 8.49. The van der Waals surface area contributed by atoms with Crippen LogP contribution in [-0.2, 0) is 0 Å². The Bertz CT molecular complexity index is 735. The number of halogens is 1. The number of ketones is 1. The second kappa shape index (κ2) is 3.62. The number of aryl methyl sites for hydroxylation is 2. The summed E-state index contributed by atoms with van der Waals surface area (Å²) in [5, 5.41) is 1.93. The van der Waals surface area contributed by atoms with E-state index in [1.54, 1.807) is 0 Å². The summed E-state index contributed by atoms with van der Waals surface area (Å²) in [6, 6.07) is 3.64. The fraction of sp³-hybridized carbons (Fsp3) is 0.214. The Hall–Kier alpha value is -1.74. The summed E-state index contributed by atoms with van der Waals surface area (Å²) >= 11 is 6.31. The van der Waals surface area contributed by atoms with Crippen LogP contribution in [0.1, 0.15) is 28.8 Å². The molecule has 3 aromatic rings. The van der Waals surface area contributed by atoms with Gasteiger partial charge in [-0.15, -0.1) is 0 Å². The largest absolute Gasteiger partial charge is 0.461 e. The fourth-order valence-corrected chi connectivity index (χ4v) is 2.60. The molecule has 0 bridgehead atoms. The van der Waals surface area contributed by atoms with Gasteiger partial charge in [-0.2, -0.15) is 0 Å². The normalized spacial score (nSPS) is 11.6. The van der Waals surface area contributed by atoms with Crippen molar-refractivity contribution in [2.75, 3.05) is 0 Å². The van der Waals surface area contributed by atoms with Gasteiger partial charge in [0.15, 0.2) is 11.4 Å². The molecule has 0 N–H and O–H groups in total. The van der Waals surface area contributed by atoms with Crippen LogP contribution in [0.5, 0.6) is 0 Å². The molecule has 3 rings (SSSR count). The first-order valence-corrected chi connectivity index (χ1v) is 5.99. The van der Waals surface area contributed by atoms with Crippen LogP contribution in [0.4, 0.5) is 0 Å². The Morgan fingerprint density at radius 3 is 2.22 bits per heavy atom. The second-order valence-corrected chi connectivity index (χ2v) is 4.82. The summed E-state index contributed by atoms with van der Waals surface area (Å²) in [6.45, 7) is 5.17. The highest BCUT2D eigenvalue weighted by Gasteiger charge is 2.21. The minimum Gasteiger partial charge on any atom is -0.461 e. The van der Waals surface area contributed by atoms with Gasteiger partial charge in [0.25, 0.3) is 0 Å². The van der Waals surface area contributed by atoms with Crippen molar-refractivity contribution in [2.24, 2.45) is 0 Å². The molecule has 2 aromatic heterocycles. The molecule has 0 radical (unpaired) electrons. The van der Waals surface area contributed by atoms with Crippen molar-refractivity contribution in [3.8, 4) is 0 Å². The molecule has 4 heteroatoms. The van der Waals surface area contributed by atoms with Crippen molar-refractivity contribution < 1.29 is 13.6 Å². The van der Waals surface area contributed by atoms with Crippen LogP contribution in [0.3, 0.4) is 0 Å². The lowest BCUT2D eigenvalue weighted by Crippen LogP contribution is -1.93. The monoisotopic (exact) mass is 262 g/mol. The summed E-state index contributed by atoms with van der Waals surface area (Å²) in [5.74, 6) is 1.38. The van der Waals surface area contributed by atoms with Crippen molar-refractivity contribution in [1.82, 2.24) is 0 Å². The molecular formula is C14H11ClO3. The highest BCUT2D eigenvalue weighted by Crippen LogP contribution is 2.39. The standard InChI is InChI=1S/C14H11ClO3/c1-6-4-9-11(8(3)16)13-10(5-7(2)17-13)12(15)14(9)18-6/h4-5H,1-3H3. The molecule has 0 aliphatic heterocycles. The summed E-state index contributed by atoms with van der Waals surface area (Å²) < 4.78 is 11.2. The van der Waals surface area contributed by atoms with E-state index in [1.807, 2.05) is 26.0 Å². The number of hydrogen-bond donors (Lipinski definition) is 0. The van der Waals surface area contributed by atoms with Gasteiger partial charge in [-0.1, -0.05) is 11.6 Å². The average Bonchev–Trinajstić information content (AvgIpc) is 2.81. The zero-order valence-electron chi connectivity index (χ0n) is 10.3. The van der Waals surface area contributed by atoms with Crippen LogP contribution in [0.15, 0.2) is 21.0 Å². The molecule has 0 aliphatic rings. The molecule has 1 aromatic carbocycles. The Balaban J connectivity index is 2.64. The Morgan fingerprint density at radius 2 is 1.61 bits per heavy atom. The molecule has 0 saturated heterocycles. The van der Waals surface area contributed by atoms with Gasteiger partial charge in [-0.25, -0.2) is 0 Å². The maximum atomic E-state index is 11.9. The highest BCUT2D eigenvalue weighted by atomic mass is 35.5. The molecule has 0 saturated carbocycles. The van der Waals surface area contributed by atoms with Gasteiger partial charge in [-0.05, 0) is 32.9 Å². The minimum absolute atomic E-state index is 0.0585. The predicted molar refractivity (Wildman–Crippen MR) is 70.5 cm³/mol. The maximum absolute atomic E-state index is 11.9. The van der Waals surface area contributed by atoms with E-state index in [4.69, 9.17) is 20.4 Å². The topological polar surface area (TPSA) is 43.4 Å². The summed E-state index contributed by atoms with van der Waals surface area (Å²) in [4.78, 5) is 11.9. The van der Waals surface area contributed by atoms with Crippen LogP contribution in [-0.4, -0.2) is 5.78 Å². The van der Waals surface area contributed by atoms with Crippen molar-refractivity contribution in [3.63, 3.8) is 0 Å². The lowest BCUT2D eigenvalue weighted by molar-refractivity contribution is 0.102. The van der Waals surface area contributed by atoms with Crippen molar-refractivity contribution >= 4 is 39.3 Å². The lowest BCUT2D eigenvalue weighted by Gasteiger charge is -2.01. The van der Waals surface area contributed by atoms with Gasteiger partial charge in [0.05, 0.1) is 10.6 Å². The first-order valence-electron chi connectivity index (χ1n) is 5.61. The zero-order valence-corrected chi connectivity index (χ0v) is 11.0. The van der Waals surface area contributed by atoms with E-state index in [1.165, 1.54) is 6.92 Å². The molecule has 0 unspecified atom stereocenters. The number of hydrogen-bond acceptors (Lipinski definition) is 3. The number of benzene rings is 1. The van der Waals surface area contributed by atoms with Gasteiger partial charge in [0, 0.05) is 10.8 Å². The highest BCUT2D eigenvalue weighted by molar-refractivity contribution is 6.41. The number of rotatable bonds is 1. The third kappa shape index (κ3) is 1.40. The van der Waals surface area contributed by atoms with Crippen molar-refractivity contribution in [1.29, 1.82) is 0 Å². The van der Waals surface area contributed by atoms with Crippen LogP contribution in [0, 0.1) is 13.8 Å². The number of furan rings is 2. The van der Waals surface area contributed by atoms with Gasteiger partial charge in [0.1, 0.15) is 17.1 Å². The fourth-order valence-electron chi connectivity index (χ4n) is 2.32. The smallest absolute Gasteiger partial charge is 0.164 e. The first kappa shape index (κ1) is 11.4. The van der Waals surface area contributed by atoms with Gasteiger partial charge in [0.2, 0.25) is 0 Å². The van der Waals surface area contributed by atoms with Gasteiger partial charge >= 0.3 is 0 Å². The Kier molecular flexibility index (Phi) is 2.29. The molecule has 0 amide bonds. The maximum Gasteiger partial charge on any atom is 0.164 e. The number of carbonyl (C=O) groups excluding carboxylic acids is 1. The molecule has 2 heterocycles. The molecule has 0 atom stereocenters. The summed E-state index contributed by atoms with van der Waals surface area (Å²) in [5.41, 5.74) is 1.63. The average molecular weight is 263 g/mol. The molecule has 18 heavy (non-hydrogen) atoms. The molecule has 0 spiro atoms. The Labute approximate surface area is 108 Å². The predicted octanol–water partition coefficient (Wildman–Crippen LogP) is 4.65. The van der Waals surface area contributed by atoms with E-state index in [9.17, 15) is 4.79 Å². The van der Waals surface area contributed by atoms with Gasteiger partial charge < -0.3 is 8.83 Å². The van der Waals surface area contributed by atoms with E-state index in [2.05, 4.69) is 0 Å². The van der Waals surface area contributed by atoms with Crippen molar-refractivity contribution in [2.45, 2.75) is 20.8 Å². The third-order valence-corrected chi connectivity index (χ3v) is 3.37. The molecule has 3 nitrogen and oxygen atoms in total. The third-order valence-electron chi connectivity index (χ3n) is 2.99. The molecular weight excluding hydrogens is 252 g/mol.